The van der Waals surface area contributed by atoms with Crippen molar-refractivity contribution in [1.82, 2.24) is 19.9 Å². The average molecular weight is 297 g/mol. The van der Waals surface area contributed by atoms with Crippen molar-refractivity contribution in [2.45, 2.75) is 6.04 Å². The van der Waals surface area contributed by atoms with Crippen LogP contribution in [0.1, 0.15) is 5.56 Å². The minimum Gasteiger partial charge on any atom is -0.724 e. The summed E-state index contributed by atoms with van der Waals surface area (Å²) in [7, 11) is -5.01. The van der Waals surface area contributed by atoms with E-state index in [-0.39, 0.29) is 6.54 Å². The van der Waals surface area contributed by atoms with Crippen LogP contribution in [-0.4, -0.2) is 58.1 Å². The lowest BCUT2D eigenvalue weighted by atomic mass is 9.99. The largest absolute Gasteiger partial charge is 0.724 e. The maximum absolute atomic E-state index is 11.9. The number of urea groups is 1. The molecule has 0 saturated carbocycles. The molecule has 2 aliphatic rings. The molecule has 1 fully saturated rings. The number of rotatable bonds is 3. The zero-order valence-corrected chi connectivity index (χ0v) is 10.9. The van der Waals surface area contributed by atoms with Gasteiger partial charge in [0.15, 0.2) is 0 Å². The molecule has 2 aliphatic heterocycles. The zero-order chi connectivity index (χ0) is 14.3. The minimum atomic E-state index is -5.01. The molecule has 0 aliphatic carbocycles. The number of nitrogens with zero attached hydrogens (tertiary/aromatic N) is 4. The first-order valence-corrected chi connectivity index (χ1v) is 6.98. The fourth-order valence-corrected chi connectivity index (χ4v) is 2.66. The van der Waals surface area contributed by atoms with Gasteiger partial charge in [0.25, 0.3) is 0 Å². The van der Waals surface area contributed by atoms with E-state index in [0.717, 1.165) is 0 Å². The second kappa shape index (κ2) is 4.51. The van der Waals surface area contributed by atoms with Gasteiger partial charge >= 0.3 is 6.03 Å². The molecule has 1 saturated heterocycles. The van der Waals surface area contributed by atoms with Crippen molar-refractivity contribution in [3.05, 3.63) is 30.4 Å². The highest BCUT2D eigenvalue weighted by Crippen LogP contribution is 2.32. The first-order chi connectivity index (χ1) is 9.46. The molecular formula is C10H9N4O5S-. The topological polar surface area (TPSA) is 116 Å². The first kappa shape index (κ1) is 13.0. The molecule has 1 aromatic heterocycles. The lowest BCUT2D eigenvalue weighted by molar-refractivity contribution is -0.0171. The summed E-state index contributed by atoms with van der Waals surface area (Å²) in [5, 5.41) is 0.591. The first-order valence-electron chi connectivity index (χ1n) is 5.65. The van der Waals surface area contributed by atoms with Gasteiger partial charge in [0.2, 0.25) is 10.4 Å². The molecule has 0 N–H and O–H groups in total. The molecule has 1 aromatic rings. The van der Waals surface area contributed by atoms with Crippen molar-refractivity contribution in [3.8, 4) is 0 Å². The van der Waals surface area contributed by atoms with Crippen LogP contribution >= 0.6 is 0 Å². The summed E-state index contributed by atoms with van der Waals surface area (Å²) in [4.78, 5) is 21.0. The van der Waals surface area contributed by atoms with Gasteiger partial charge < -0.3 is 9.45 Å². The molecule has 1 atom stereocenters. The summed E-state index contributed by atoms with van der Waals surface area (Å²) in [6.07, 6.45) is 6.20. The summed E-state index contributed by atoms with van der Waals surface area (Å²) in [5.74, 6) is 0. The highest BCUT2D eigenvalue weighted by atomic mass is 32.3. The van der Waals surface area contributed by atoms with E-state index in [1.165, 1.54) is 11.2 Å². The number of hydrogen-bond donors (Lipinski definition) is 0. The van der Waals surface area contributed by atoms with Crippen LogP contribution in [0, 0.1) is 0 Å². The van der Waals surface area contributed by atoms with Crippen molar-refractivity contribution in [1.29, 1.82) is 0 Å². The molecule has 2 amide bonds. The third kappa shape index (κ3) is 2.24. The van der Waals surface area contributed by atoms with Crippen LogP contribution < -0.4 is 0 Å². The number of aromatic nitrogens is 2. The summed E-state index contributed by atoms with van der Waals surface area (Å²) in [6.45, 7) is 0.549. The Hall–Kier alpha value is -2.04. The van der Waals surface area contributed by atoms with E-state index in [0.29, 0.717) is 22.7 Å². The standard InChI is InChI=1S/C10H10N4O5S/c15-10-13-2-1-8(7-3-11-6-12-4-7)9(5-13)14(10)19-20(16,17)18/h1,3-4,6,9H,2,5H2,(H,16,17,18)/p-1. The maximum Gasteiger partial charge on any atom is 0.346 e. The van der Waals surface area contributed by atoms with Crippen LogP contribution in [0.5, 0.6) is 0 Å². The number of hydroxylamine groups is 2. The second-order valence-electron chi connectivity index (χ2n) is 4.30. The summed E-state index contributed by atoms with van der Waals surface area (Å²) in [5.41, 5.74) is 1.29. The number of carbonyl (C=O) groups is 1. The quantitative estimate of drug-likeness (QED) is 0.538. The van der Waals surface area contributed by atoms with Crippen molar-refractivity contribution in [2.24, 2.45) is 0 Å². The van der Waals surface area contributed by atoms with Crippen molar-refractivity contribution in [3.63, 3.8) is 0 Å². The monoisotopic (exact) mass is 297 g/mol. The van der Waals surface area contributed by atoms with E-state index < -0.39 is 22.5 Å². The molecule has 9 nitrogen and oxygen atoms in total. The molecule has 3 rings (SSSR count). The Morgan fingerprint density at radius 1 is 1.35 bits per heavy atom. The predicted octanol–water partition coefficient (Wildman–Crippen LogP) is -0.628. The smallest absolute Gasteiger partial charge is 0.346 e. The van der Waals surface area contributed by atoms with Gasteiger partial charge in [0.05, 0.1) is 6.54 Å². The molecule has 10 heteroatoms. The lowest BCUT2D eigenvalue weighted by Gasteiger charge is -2.24. The van der Waals surface area contributed by atoms with Gasteiger partial charge in [-0.05, 0) is 5.57 Å². The van der Waals surface area contributed by atoms with E-state index in [9.17, 15) is 17.8 Å². The highest BCUT2D eigenvalue weighted by molar-refractivity contribution is 7.80. The highest BCUT2D eigenvalue weighted by Gasteiger charge is 2.44. The van der Waals surface area contributed by atoms with Crippen LogP contribution in [0.25, 0.3) is 5.57 Å². The van der Waals surface area contributed by atoms with Gasteiger partial charge in [-0.25, -0.2) is 23.2 Å². The Kier molecular flexibility index (Phi) is 2.92. The molecule has 3 heterocycles. The van der Waals surface area contributed by atoms with E-state index in [1.807, 2.05) is 0 Å². The maximum atomic E-state index is 11.9. The summed E-state index contributed by atoms with van der Waals surface area (Å²) >= 11 is 0. The Labute approximate surface area is 114 Å². The Balaban J connectivity index is 1.96. The van der Waals surface area contributed by atoms with E-state index in [1.54, 1.807) is 18.5 Å². The molecule has 20 heavy (non-hydrogen) atoms. The number of fused-ring (bicyclic) bond motifs is 2. The fraction of sp³-hybridized carbons (Fsp3) is 0.300. The van der Waals surface area contributed by atoms with Gasteiger partial charge in [-0.1, -0.05) is 6.08 Å². The average Bonchev–Trinajstić information content (AvgIpc) is 2.64. The van der Waals surface area contributed by atoms with Gasteiger partial charge in [-0.15, -0.1) is 0 Å². The van der Waals surface area contributed by atoms with Crippen LogP contribution in [0.15, 0.2) is 24.8 Å². The SMILES string of the molecule is O=C1N2CC=C(c3cncnc3)C(C2)N1OS(=O)(=O)[O-]. The van der Waals surface area contributed by atoms with Crippen LogP contribution in [-0.2, 0) is 14.7 Å². The fourth-order valence-electron chi connectivity index (χ4n) is 2.30. The van der Waals surface area contributed by atoms with Gasteiger partial charge in [0, 0.05) is 24.5 Å². The molecule has 2 bridgehead atoms. The van der Waals surface area contributed by atoms with E-state index >= 15 is 0 Å². The number of amides is 2. The molecule has 1 unspecified atom stereocenters. The Morgan fingerprint density at radius 3 is 2.70 bits per heavy atom. The summed E-state index contributed by atoms with van der Waals surface area (Å²) < 4.78 is 36.4. The molecule has 106 valence electrons. The third-order valence-corrected chi connectivity index (χ3v) is 3.43. The Morgan fingerprint density at radius 2 is 2.05 bits per heavy atom. The van der Waals surface area contributed by atoms with Gasteiger partial charge in [-0.3, -0.25) is 0 Å². The van der Waals surface area contributed by atoms with Crippen LogP contribution in [0.3, 0.4) is 0 Å². The number of carbonyl (C=O) groups excluding carboxylic acids is 1. The second-order valence-corrected chi connectivity index (χ2v) is 5.26. The Bertz CT molecular complexity index is 674. The summed E-state index contributed by atoms with van der Waals surface area (Å²) in [6, 6.07) is -1.33. The lowest BCUT2D eigenvalue weighted by Crippen LogP contribution is -2.36. The number of hydrogen-bond acceptors (Lipinski definition) is 7. The van der Waals surface area contributed by atoms with E-state index in [4.69, 9.17) is 0 Å². The van der Waals surface area contributed by atoms with Crippen molar-refractivity contribution in [2.75, 3.05) is 13.1 Å². The molecule has 0 aromatic carbocycles. The van der Waals surface area contributed by atoms with Crippen LogP contribution in [0.4, 0.5) is 4.79 Å². The van der Waals surface area contributed by atoms with Crippen molar-refractivity contribution < 1.29 is 22.0 Å². The predicted molar refractivity (Wildman–Crippen MR) is 63.4 cm³/mol. The molecule has 0 spiro atoms. The third-order valence-electron chi connectivity index (χ3n) is 3.09. The van der Waals surface area contributed by atoms with Crippen LogP contribution in [0.2, 0.25) is 0 Å². The van der Waals surface area contributed by atoms with Gasteiger partial charge in [-0.2, -0.15) is 9.35 Å². The molecular weight excluding hydrogens is 288 g/mol. The van der Waals surface area contributed by atoms with Gasteiger partial charge in [0.1, 0.15) is 12.4 Å². The minimum absolute atomic E-state index is 0.245. The van der Waals surface area contributed by atoms with Crippen molar-refractivity contribution >= 4 is 22.0 Å². The van der Waals surface area contributed by atoms with E-state index in [2.05, 4.69) is 14.3 Å². The molecule has 0 radical (unpaired) electrons. The zero-order valence-electron chi connectivity index (χ0n) is 10.0. The normalized spacial score (nSPS) is 22.1.